The quantitative estimate of drug-likeness (QED) is 0.286. The highest BCUT2D eigenvalue weighted by Crippen LogP contribution is 2.34. The van der Waals surface area contributed by atoms with Gasteiger partial charge in [0.15, 0.2) is 0 Å². The zero-order valence-electron chi connectivity index (χ0n) is 13.6. The van der Waals surface area contributed by atoms with Gasteiger partial charge in [0, 0.05) is 17.7 Å². The first-order valence-corrected chi connectivity index (χ1v) is 7.59. The molecule has 0 unspecified atom stereocenters. The van der Waals surface area contributed by atoms with Crippen molar-refractivity contribution in [2.24, 2.45) is 0 Å². The number of Topliss-reactive ketones (excluding diaryl/α,β-unsaturated/α-hetero) is 1. The molecule has 3 rings (SSSR count). The smallest absolute Gasteiger partial charge is 0.293 e. The Morgan fingerprint density at radius 1 is 1.19 bits per heavy atom. The van der Waals surface area contributed by atoms with Gasteiger partial charge in [0.1, 0.15) is 11.5 Å². The van der Waals surface area contributed by atoms with E-state index in [9.17, 15) is 24.8 Å². The Hall–Kier alpha value is -3.68. The fourth-order valence-corrected chi connectivity index (χ4v) is 2.74. The van der Waals surface area contributed by atoms with Crippen LogP contribution in [0.2, 0.25) is 0 Å². The highest BCUT2D eigenvalue weighted by Gasteiger charge is 2.39. The molecule has 0 saturated carbocycles. The summed E-state index contributed by atoms with van der Waals surface area (Å²) in [4.78, 5) is 34.5. The number of ether oxygens (including phenoxy) is 1. The van der Waals surface area contributed by atoms with Crippen LogP contribution in [0.3, 0.4) is 0 Å². The molecule has 26 heavy (non-hydrogen) atoms. The second-order valence-electron chi connectivity index (χ2n) is 5.58. The van der Waals surface area contributed by atoms with Gasteiger partial charge in [-0.05, 0) is 29.8 Å². The first kappa shape index (κ1) is 17.2. The fraction of sp³-hybridized carbons (Fsp3) is 0.111. The number of nitro groups is 1. The molecule has 0 aromatic heterocycles. The Kier molecular flexibility index (Phi) is 4.40. The summed E-state index contributed by atoms with van der Waals surface area (Å²) in [5, 5.41) is 24.0. The van der Waals surface area contributed by atoms with E-state index in [0.29, 0.717) is 16.9 Å². The molecule has 0 aliphatic carbocycles. The van der Waals surface area contributed by atoms with Crippen LogP contribution in [-0.2, 0) is 9.59 Å². The molecule has 8 heteroatoms. The number of non-ortho nitro benzene ring substituents is 1. The van der Waals surface area contributed by atoms with E-state index in [2.05, 4.69) is 5.32 Å². The van der Waals surface area contributed by atoms with Crippen molar-refractivity contribution in [3.05, 3.63) is 75.3 Å². The number of nitro benzene ring substituents is 1. The number of hydrogen-bond acceptors (Lipinski definition) is 6. The van der Waals surface area contributed by atoms with E-state index in [0.717, 1.165) is 0 Å². The molecule has 0 radical (unpaired) electrons. The summed E-state index contributed by atoms with van der Waals surface area (Å²) >= 11 is 0. The van der Waals surface area contributed by atoms with Crippen LogP contribution < -0.4 is 10.1 Å². The maximum absolute atomic E-state index is 12.3. The molecular formula is C18H14N2O6. The number of benzene rings is 2. The Morgan fingerprint density at radius 2 is 1.88 bits per heavy atom. The predicted octanol–water partition coefficient (Wildman–Crippen LogP) is 2.31. The lowest BCUT2D eigenvalue weighted by Gasteiger charge is -2.13. The number of nitrogens with zero attached hydrogens (tertiary/aromatic N) is 1. The van der Waals surface area contributed by atoms with Gasteiger partial charge in [-0.3, -0.25) is 19.7 Å². The number of hydrogen-bond donors (Lipinski definition) is 2. The zero-order chi connectivity index (χ0) is 18.8. The van der Waals surface area contributed by atoms with Gasteiger partial charge in [0.05, 0.1) is 23.6 Å². The lowest BCUT2D eigenvalue weighted by atomic mass is 9.95. The number of aliphatic hydroxyl groups excluding tert-OH is 1. The highest BCUT2D eigenvalue weighted by molar-refractivity contribution is 6.46. The number of methoxy groups -OCH3 is 1. The summed E-state index contributed by atoms with van der Waals surface area (Å²) in [6.45, 7) is 0. The Bertz CT molecular complexity index is 933. The van der Waals surface area contributed by atoms with Gasteiger partial charge >= 0.3 is 0 Å². The van der Waals surface area contributed by atoms with Crippen molar-refractivity contribution in [2.45, 2.75) is 6.04 Å². The first-order valence-electron chi connectivity index (χ1n) is 7.59. The molecule has 2 aromatic carbocycles. The molecule has 8 nitrogen and oxygen atoms in total. The second kappa shape index (κ2) is 6.67. The number of amides is 1. The average molecular weight is 354 g/mol. The van der Waals surface area contributed by atoms with Crippen LogP contribution in [-0.4, -0.2) is 28.8 Å². The lowest BCUT2D eigenvalue weighted by molar-refractivity contribution is -0.384. The topological polar surface area (TPSA) is 119 Å². The van der Waals surface area contributed by atoms with Crippen molar-refractivity contribution < 1.29 is 24.4 Å². The lowest BCUT2D eigenvalue weighted by Crippen LogP contribution is -2.21. The largest absolute Gasteiger partial charge is 0.507 e. The minimum absolute atomic E-state index is 0.152. The molecule has 2 N–H and O–H groups in total. The molecule has 1 heterocycles. The van der Waals surface area contributed by atoms with Crippen LogP contribution in [0.1, 0.15) is 17.2 Å². The Morgan fingerprint density at radius 3 is 2.50 bits per heavy atom. The number of rotatable bonds is 4. The minimum Gasteiger partial charge on any atom is -0.507 e. The molecule has 2 aromatic rings. The van der Waals surface area contributed by atoms with Crippen molar-refractivity contribution in [1.29, 1.82) is 0 Å². The summed E-state index contributed by atoms with van der Waals surface area (Å²) in [5.74, 6) is -1.56. The van der Waals surface area contributed by atoms with E-state index in [1.54, 1.807) is 24.3 Å². The van der Waals surface area contributed by atoms with Gasteiger partial charge in [0.25, 0.3) is 17.4 Å². The second-order valence-corrected chi connectivity index (χ2v) is 5.58. The van der Waals surface area contributed by atoms with Crippen LogP contribution in [0.5, 0.6) is 5.75 Å². The van der Waals surface area contributed by atoms with Crippen molar-refractivity contribution in [2.75, 3.05) is 7.11 Å². The van der Waals surface area contributed by atoms with E-state index in [-0.39, 0.29) is 17.0 Å². The molecule has 0 spiro atoms. The molecular weight excluding hydrogens is 340 g/mol. The van der Waals surface area contributed by atoms with Gasteiger partial charge in [-0.1, -0.05) is 12.1 Å². The molecule has 1 saturated heterocycles. The number of nitrogens with one attached hydrogen (secondary N) is 1. The van der Waals surface area contributed by atoms with Crippen LogP contribution in [0.25, 0.3) is 5.76 Å². The number of aliphatic hydroxyl groups is 1. The van der Waals surface area contributed by atoms with Crippen LogP contribution in [0, 0.1) is 10.1 Å². The Balaban J connectivity index is 2.09. The van der Waals surface area contributed by atoms with Crippen molar-refractivity contribution in [1.82, 2.24) is 5.32 Å². The third-order valence-electron chi connectivity index (χ3n) is 4.05. The van der Waals surface area contributed by atoms with E-state index in [1.807, 2.05) is 0 Å². The predicted molar refractivity (Wildman–Crippen MR) is 91.5 cm³/mol. The molecule has 1 aliphatic rings. The van der Waals surface area contributed by atoms with E-state index in [4.69, 9.17) is 4.74 Å². The maximum atomic E-state index is 12.3. The first-order chi connectivity index (χ1) is 12.4. The standard InChI is InChI=1S/C18H14N2O6/c1-26-13-7-5-10(6-8-13)16(21)14-15(19-18(23)17(14)22)11-3-2-4-12(9-11)20(24)25/h2-9,15,21H,1H3,(H,19,23)/t15-/m1/s1. The highest BCUT2D eigenvalue weighted by atomic mass is 16.6. The summed E-state index contributed by atoms with van der Waals surface area (Å²) in [7, 11) is 1.49. The SMILES string of the molecule is COc1ccc(C(O)=C2C(=O)C(=O)N[C@@H]2c2cccc([N+](=O)[O-])c2)cc1. The monoisotopic (exact) mass is 354 g/mol. The molecule has 1 aliphatic heterocycles. The molecule has 1 fully saturated rings. The summed E-state index contributed by atoms with van der Waals surface area (Å²) in [6.07, 6.45) is 0. The maximum Gasteiger partial charge on any atom is 0.293 e. The summed E-state index contributed by atoms with van der Waals surface area (Å²) in [6, 6.07) is 10.9. The van der Waals surface area contributed by atoms with Gasteiger partial charge in [-0.25, -0.2) is 0 Å². The molecule has 132 valence electrons. The number of ketones is 1. The number of carbonyl (C=O) groups excluding carboxylic acids is 2. The normalized spacial score (nSPS) is 18.4. The van der Waals surface area contributed by atoms with Crippen LogP contribution in [0.15, 0.2) is 54.1 Å². The average Bonchev–Trinajstić information content (AvgIpc) is 2.96. The van der Waals surface area contributed by atoms with E-state index >= 15 is 0 Å². The minimum atomic E-state index is -0.975. The summed E-state index contributed by atoms with van der Waals surface area (Å²) in [5.41, 5.74) is 0.314. The van der Waals surface area contributed by atoms with Crippen LogP contribution >= 0.6 is 0 Å². The van der Waals surface area contributed by atoms with E-state index < -0.39 is 22.7 Å². The molecule has 1 atom stereocenters. The van der Waals surface area contributed by atoms with Crippen molar-refractivity contribution in [3.8, 4) is 5.75 Å². The third-order valence-corrected chi connectivity index (χ3v) is 4.05. The Labute approximate surface area is 147 Å². The van der Waals surface area contributed by atoms with Crippen LogP contribution in [0.4, 0.5) is 5.69 Å². The van der Waals surface area contributed by atoms with Crippen molar-refractivity contribution in [3.63, 3.8) is 0 Å². The van der Waals surface area contributed by atoms with Gasteiger partial charge in [0.2, 0.25) is 0 Å². The number of carbonyl (C=O) groups is 2. The summed E-state index contributed by atoms with van der Waals surface area (Å²) < 4.78 is 5.04. The fourth-order valence-electron chi connectivity index (χ4n) is 2.74. The van der Waals surface area contributed by atoms with Gasteiger partial charge in [-0.15, -0.1) is 0 Å². The molecule has 1 amide bonds. The third kappa shape index (κ3) is 3.00. The van der Waals surface area contributed by atoms with Gasteiger partial charge < -0.3 is 15.2 Å². The molecule has 0 bridgehead atoms. The van der Waals surface area contributed by atoms with E-state index in [1.165, 1.54) is 31.4 Å². The van der Waals surface area contributed by atoms with Crippen molar-refractivity contribution >= 4 is 23.1 Å². The zero-order valence-corrected chi connectivity index (χ0v) is 13.6. The van der Waals surface area contributed by atoms with Gasteiger partial charge in [-0.2, -0.15) is 0 Å².